The van der Waals surface area contributed by atoms with Crippen LogP contribution in [0.3, 0.4) is 0 Å². The van der Waals surface area contributed by atoms with Crippen LogP contribution in [-0.4, -0.2) is 6.29 Å². The van der Waals surface area contributed by atoms with Crippen LogP contribution in [0.4, 0.5) is 0 Å². The van der Waals surface area contributed by atoms with Crippen LogP contribution in [0.5, 0.6) is 0 Å². The number of benzene rings is 1. The van der Waals surface area contributed by atoms with Gasteiger partial charge >= 0.3 is 0 Å². The molecule has 0 spiro atoms. The molecule has 0 aliphatic heterocycles. The Morgan fingerprint density at radius 2 is 2.20 bits per heavy atom. The maximum absolute atomic E-state index is 10.4. The van der Waals surface area contributed by atoms with E-state index in [1.165, 1.54) is 11.1 Å². The Hall–Kier alpha value is -1.11. The second-order valence-electron chi connectivity index (χ2n) is 2.60. The van der Waals surface area contributed by atoms with Crippen molar-refractivity contribution in [3.8, 4) is 0 Å². The maximum atomic E-state index is 10.4. The maximum Gasteiger partial charge on any atom is 0.150 e. The molecule has 1 aromatic carbocycles. The van der Waals surface area contributed by atoms with E-state index in [1.807, 2.05) is 12.1 Å². The summed E-state index contributed by atoms with van der Waals surface area (Å²) in [6, 6.07) is 5.92. The van der Waals surface area contributed by atoms with Gasteiger partial charge in [0.25, 0.3) is 0 Å². The average molecular weight is 132 g/mol. The lowest BCUT2D eigenvalue weighted by Gasteiger charge is -2.19. The fourth-order valence-corrected chi connectivity index (χ4v) is 1.39. The topological polar surface area (TPSA) is 17.1 Å². The first-order valence-corrected chi connectivity index (χ1v) is 3.48. The minimum absolute atomic E-state index is 0.878. The molecule has 0 saturated carbocycles. The van der Waals surface area contributed by atoms with Gasteiger partial charge in [-0.2, -0.15) is 0 Å². The quantitative estimate of drug-likeness (QED) is 0.530. The van der Waals surface area contributed by atoms with Crippen molar-refractivity contribution in [2.75, 3.05) is 0 Å². The highest BCUT2D eigenvalue weighted by molar-refractivity contribution is 5.78. The van der Waals surface area contributed by atoms with Gasteiger partial charge in [0.2, 0.25) is 0 Å². The van der Waals surface area contributed by atoms with E-state index in [0.717, 1.165) is 24.7 Å². The van der Waals surface area contributed by atoms with E-state index in [2.05, 4.69) is 6.07 Å². The molecule has 1 nitrogen and oxygen atoms in total. The fraction of sp³-hybridized carbons (Fsp3) is 0.222. The number of hydrogen-bond donors (Lipinski definition) is 0. The smallest absolute Gasteiger partial charge is 0.150 e. The normalized spacial score (nSPS) is 13.6. The van der Waals surface area contributed by atoms with Crippen molar-refractivity contribution in [3.05, 3.63) is 34.9 Å². The van der Waals surface area contributed by atoms with Crippen molar-refractivity contribution >= 4 is 6.29 Å². The molecule has 0 amide bonds. The Kier molecular flexibility index (Phi) is 1.10. The highest BCUT2D eigenvalue weighted by atomic mass is 16.1. The lowest BCUT2D eigenvalue weighted by atomic mass is 9.85. The highest BCUT2D eigenvalue weighted by Gasteiger charge is 2.15. The van der Waals surface area contributed by atoms with Gasteiger partial charge in [-0.1, -0.05) is 18.2 Å². The van der Waals surface area contributed by atoms with Crippen molar-refractivity contribution in [2.24, 2.45) is 0 Å². The van der Waals surface area contributed by atoms with Crippen molar-refractivity contribution < 1.29 is 4.79 Å². The van der Waals surface area contributed by atoms with Gasteiger partial charge in [-0.05, 0) is 24.0 Å². The molecule has 1 aliphatic rings. The van der Waals surface area contributed by atoms with E-state index in [-0.39, 0.29) is 0 Å². The molecular weight excluding hydrogens is 124 g/mol. The first-order chi connectivity index (χ1) is 4.92. The Morgan fingerprint density at radius 1 is 1.30 bits per heavy atom. The summed E-state index contributed by atoms with van der Waals surface area (Å²) in [5.41, 5.74) is 3.49. The van der Waals surface area contributed by atoms with Crippen LogP contribution in [0, 0.1) is 0 Å². The Balaban J connectivity index is 2.60. The predicted molar refractivity (Wildman–Crippen MR) is 39.2 cm³/mol. The third-order valence-corrected chi connectivity index (χ3v) is 2.08. The first kappa shape index (κ1) is 5.66. The molecule has 0 radical (unpaired) electrons. The molecule has 1 heteroatoms. The van der Waals surface area contributed by atoms with Crippen molar-refractivity contribution in [1.29, 1.82) is 0 Å². The summed E-state index contributed by atoms with van der Waals surface area (Å²) < 4.78 is 0. The van der Waals surface area contributed by atoms with E-state index in [1.54, 1.807) is 0 Å². The van der Waals surface area contributed by atoms with Gasteiger partial charge in [0, 0.05) is 5.56 Å². The van der Waals surface area contributed by atoms with Crippen LogP contribution < -0.4 is 0 Å². The summed E-state index contributed by atoms with van der Waals surface area (Å²) in [5.74, 6) is 0. The van der Waals surface area contributed by atoms with Gasteiger partial charge in [0.05, 0.1) is 0 Å². The number of carbonyl (C=O) groups is 1. The Morgan fingerprint density at radius 3 is 2.70 bits per heavy atom. The second kappa shape index (κ2) is 1.94. The van der Waals surface area contributed by atoms with Crippen molar-refractivity contribution in [3.63, 3.8) is 0 Å². The zero-order valence-corrected chi connectivity index (χ0v) is 5.63. The third kappa shape index (κ3) is 0.604. The largest absolute Gasteiger partial charge is 0.298 e. The first-order valence-electron chi connectivity index (χ1n) is 3.48. The summed E-state index contributed by atoms with van der Waals surface area (Å²) in [4.78, 5) is 10.4. The Bertz CT molecular complexity index is 276. The molecular formula is C9H8O. The van der Waals surface area contributed by atoms with E-state index in [4.69, 9.17) is 0 Å². The number of aryl methyl sites for hydroxylation is 1. The molecule has 0 atom stereocenters. The number of hydrogen-bond acceptors (Lipinski definition) is 1. The molecule has 50 valence electrons. The third-order valence-electron chi connectivity index (χ3n) is 2.08. The summed E-state index contributed by atoms with van der Waals surface area (Å²) in [6.45, 7) is 0. The van der Waals surface area contributed by atoms with E-state index in [0.29, 0.717) is 0 Å². The Labute approximate surface area is 59.7 Å². The van der Waals surface area contributed by atoms with Crippen LogP contribution in [0.1, 0.15) is 21.5 Å². The van der Waals surface area contributed by atoms with E-state index < -0.39 is 0 Å². The van der Waals surface area contributed by atoms with Crippen molar-refractivity contribution in [2.45, 2.75) is 12.8 Å². The molecule has 1 aromatic rings. The van der Waals surface area contributed by atoms with Crippen LogP contribution in [-0.2, 0) is 12.8 Å². The molecule has 2 rings (SSSR count). The van der Waals surface area contributed by atoms with Crippen LogP contribution in [0.15, 0.2) is 18.2 Å². The van der Waals surface area contributed by atoms with Crippen LogP contribution in [0.25, 0.3) is 0 Å². The summed E-state index contributed by atoms with van der Waals surface area (Å²) in [7, 11) is 0. The van der Waals surface area contributed by atoms with Crippen LogP contribution >= 0.6 is 0 Å². The molecule has 0 heterocycles. The number of fused-ring (bicyclic) bond motifs is 1. The minimum Gasteiger partial charge on any atom is -0.298 e. The molecule has 0 unspecified atom stereocenters. The molecule has 0 bridgehead atoms. The SMILES string of the molecule is O=Cc1cccc2c1CC2. The molecule has 0 N–H and O–H groups in total. The van der Waals surface area contributed by atoms with Gasteiger partial charge in [0.1, 0.15) is 6.29 Å². The predicted octanol–water partition coefficient (Wildman–Crippen LogP) is 1.60. The summed E-state index contributed by atoms with van der Waals surface area (Å²) >= 11 is 0. The molecule has 10 heavy (non-hydrogen) atoms. The zero-order valence-electron chi connectivity index (χ0n) is 5.63. The van der Waals surface area contributed by atoms with Crippen LogP contribution in [0.2, 0.25) is 0 Å². The monoisotopic (exact) mass is 132 g/mol. The molecule has 1 aliphatic carbocycles. The van der Waals surface area contributed by atoms with Gasteiger partial charge in [-0.3, -0.25) is 4.79 Å². The number of rotatable bonds is 1. The molecule has 0 fully saturated rings. The lowest BCUT2D eigenvalue weighted by molar-refractivity contribution is 0.112. The number of aldehydes is 1. The summed E-state index contributed by atoms with van der Waals surface area (Å²) in [6.07, 6.45) is 3.18. The van der Waals surface area contributed by atoms with Gasteiger partial charge in [-0.25, -0.2) is 0 Å². The molecule has 0 aromatic heterocycles. The highest BCUT2D eigenvalue weighted by Crippen LogP contribution is 2.24. The van der Waals surface area contributed by atoms with E-state index in [9.17, 15) is 4.79 Å². The van der Waals surface area contributed by atoms with Gasteiger partial charge in [0.15, 0.2) is 0 Å². The van der Waals surface area contributed by atoms with Gasteiger partial charge < -0.3 is 0 Å². The fourth-order valence-electron chi connectivity index (χ4n) is 1.39. The van der Waals surface area contributed by atoms with Gasteiger partial charge in [-0.15, -0.1) is 0 Å². The minimum atomic E-state index is 0.878. The number of carbonyl (C=O) groups excluding carboxylic acids is 1. The van der Waals surface area contributed by atoms with Crippen molar-refractivity contribution in [1.82, 2.24) is 0 Å². The standard InChI is InChI=1S/C9H8O/c10-6-8-3-1-2-7-4-5-9(7)8/h1-3,6H,4-5H2. The second-order valence-corrected chi connectivity index (χ2v) is 2.60. The average Bonchev–Trinajstić information content (AvgIpc) is 1.91. The zero-order chi connectivity index (χ0) is 6.97. The summed E-state index contributed by atoms with van der Waals surface area (Å²) in [5, 5.41) is 0. The van der Waals surface area contributed by atoms with E-state index >= 15 is 0 Å². The molecule has 0 saturated heterocycles. The lowest BCUT2D eigenvalue weighted by Crippen LogP contribution is -2.10.